The van der Waals surface area contributed by atoms with Crippen LogP contribution in [0, 0.1) is 17.5 Å². The van der Waals surface area contributed by atoms with Crippen LogP contribution in [0.3, 0.4) is 0 Å². The van der Waals surface area contributed by atoms with Crippen LogP contribution in [0.5, 0.6) is 0 Å². The molecular formula is C18H24FN5O3S. The fourth-order valence-electron chi connectivity index (χ4n) is 2.91. The number of nitrogens with zero attached hydrogens (tertiary/aromatic N) is 3. The minimum atomic E-state index is -2.42. The predicted molar refractivity (Wildman–Crippen MR) is 103 cm³/mol. The molecular weight excluding hydrogens is 385 g/mol. The zero-order valence-corrected chi connectivity index (χ0v) is 16.5. The molecule has 10 heteroatoms. The van der Waals surface area contributed by atoms with E-state index >= 15 is 0 Å². The van der Waals surface area contributed by atoms with E-state index in [2.05, 4.69) is 15.3 Å². The molecule has 2 aromatic rings. The largest absolute Gasteiger partial charge is 0.290 e. The second-order valence-electron chi connectivity index (χ2n) is 7.01. The van der Waals surface area contributed by atoms with Gasteiger partial charge in [0.05, 0.1) is 5.69 Å². The first-order chi connectivity index (χ1) is 13.4. The molecule has 0 radical (unpaired) electrons. The third-order valence-corrected chi connectivity index (χ3v) is 7.14. The number of benzene rings is 1. The van der Waals surface area contributed by atoms with Crippen molar-refractivity contribution >= 4 is 21.3 Å². The molecule has 1 unspecified atom stereocenters. The smallest absolute Gasteiger partial charge is 0.181 e. The van der Waals surface area contributed by atoms with Crippen LogP contribution in [-0.4, -0.2) is 36.6 Å². The average Bonchev–Trinajstić information content (AvgIpc) is 3.43. The molecule has 3 rings (SSSR count). The summed E-state index contributed by atoms with van der Waals surface area (Å²) in [7, 11) is -2.42. The van der Waals surface area contributed by atoms with Gasteiger partial charge in [-0.2, -0.15) is 0 Å². The second kappa shape index (κ2) is 8.78. The van der Waals surface area contributed by atoms with Gasteiger partial charge in [0.25, 0.3) is 0 Å². The Bertz CT molecular complexity index is 954. The highest BCUT2D eigenvalue weighted by Gasteiger charge is 2.31. The van der Waals surface area contributed by atoms with Gasteiger partial charge in [0.1, 0.15) is 11.5 Å². The van der Waals surface area contributed by atoms with Crippen LogP contribution in [0.2, 0.25) is 0 Å². The quantitative estimate of drug-likeness (QED) is 0.252. The summed E-state index contributed by atoms with van der Waals surface area (Å²) >= 11 is 0. The molecule has 8 nitrogen and oxygen atoms in total. The van der Waals surface area contributed by atoms with Gasteiger partial charge in [0.15, 0.2) is 11.5 Å². The highest BCUT2D eigenvalue weighted by atomic mass is 32.2. The number of rotatable bonds is 9. The maximum absolute atomic E-state index is 13.4. The molecule has 0 amide bonds. The lowest BCUT2D eigenvalue weighted by atomic mass is 10.1. The van der Waals surface area contributed by atoms with Crippen LogP contribution in [0.25, 0.3) is 0 Å². The normalized spacial score (nSPS) is 16.8. The van der Waals surface area contributed by atoms with Crippen molar-refractivity contribution in [3.05, 3.63) is 41.0 Å². The van der Waals surface area contributed by atoms with Gasteiger partial charge < -0.3 is 0 Å². The van der Waals surface area contributed by atoms with E-state index in [0.29, 0.717) is 29.1 Å². The molecule has 1 saturated carbocycles. The van der Waals surface area contributed by atoms with Crippen molar-refractivity contribution in [1.82, 2.24) is 15.8 Å². The molecule has 1 aromatic heterocycles. The van der Waals surface area contributed by atoms with Crippen LogP contribution >= 0.6 is 0 Å². The number of aliphatic imine (C=N–C) groups is 1. The van der Waals surface area contributed by atoms with Crippen LogP contribution in [-0.2, 0) is 16.1 Å². The van der Waals surface area contributed by atoms with Crippen molar-refractivity contribution in [2.24, 2.45) is 4.99 Å². The number of unbranched alkanes of at least 4 members (excludes halogenated alkanes) is 2. The van der Waals surface area contributed by atoms with Gasteiger partial charge >= 0.3 is 0 Å². The lowest BCUT2D eigenvalue weighted by Crippen LogP contribution is -2.22. The highest BCUT2D eigenvalue weighted by Crippen LogP contribution is 2.30. The average molecular weight is 409 g/mol. The van der Waals surface area contributed by atoms with Gasteiger partial charge in [-0.25, -0.2) is 18.2 Å². The number of hydrogen-bond donors (Lipinski definition) is 3. The van der Waals surface area contributed by atoms with E-state index in [1.807, 2.05) is 5.48 Å². The lowest BCUT2D eigenvalue weighted by molar-refractivity contribution is 0.234. The number of hydroxylamine groups is 1. The van der Waals surface area contributed by atoms with Gasteiger partial charge in [-0.15, -0.1) is 0 Å². The topological polar surface area (TPSA) is 124 Å². The zero-order chi connectivity index (χ0) is 20.1. The first kappa shape index (κ1) is 20.4. The SMILES string of the molecule is Cc1cc(N=C(NO)c2nonc2CCCCCS(=N)(=O)C2CC2)ccc1F. The Morgan fingerprint density at radius 2 is 2.18 bits per heavy atom. The number of nitrogens with one attached hydrogen (secondary N) is 2. The molecule has 1 fully saturated rings. The molecule has 1 aromatic carbocycles. The number of amidine groups is 1. The molecule has 3 N–H and O–H groups in total. The van der Waals surface area contributed by atoms with E-state index in [4.69, 9.17) is 9.41 Å². The second-order valence-corrected chi connectivity index (χ2v) is 9.53. The lowest BCUT2D eigenvalue weighted by Gasteiger charge is -2.06. The van der Waals surface area contributed by atoms with E-state index in [1.54, 1.807) is 13.0 Å². The minimum Gasteiger partial charge on any atom is -0.290 e. The van der Waals surface area contributed by atoms with Gasteiger partial charge in [0.2, 0.25) is 0 Å². The molecule has 28 heavy (non-hydrogen) atoms. The summed E-state index contributed by atoms with van der Waals surface area (Å²) in [4.78, 5) is 4.25. The standard InChI is InChI=1S/C18H24FN5O3S/c1-12-11-13(6-9-15(12)19)21-18(22-25)17-16(23-27-24-17)5-3-2-4-10-28(20,26)14-7-8-14/h6,9,11,14,20,25H,2-5,7-8,10H2,1H3,(H,21,22). The summed E-state index contributed by atoms with van der Waals surface area (Å²) < 4.78 is 38.2. The van der Waals surface area contributed by atoms with E-state index in [-0.39, 0.29) is 22.6 Å². The summed E-state index contributed by atoms with van der Waals surface area (Å²) in [6, 6.07) is 4.35. The molecule has 0 aliphatic heterocycles. The molecule has 1 aliphatic carbocycles. The molecule has 1 heterocycles. The monoisotopic (exact) mass is 409 g/mol. The van der Waals surface area contributed by atoms with Gasteiger partial charge in [-0.1, -0.05) is 11.6 Å². The van der Waals surface area contributed by atoms with Gasteiger partial charge in [-0.3, -0.25) is 15.5 Å². The number of aryl methyl sites for hydroxylation is 2. The molecule has 1 aliphatic rings. The molecule has 152 valence electrons. The van der Waals surface area contributed by atoms with Crippen molar-refractivity contribution < 1.29 is 18.4 Å². The van der Waals surface area contributed by atoms with Crippen LogP contribution in [0.4, 0.5) is 10.1 Å². The number of aromatic nitrogens is 2. The maximum atomic E-state index is 13.4. The molecule has 0 saturated heterocycles. The van der Waals surface area contributed by atoms with Crippen molar-refractivity contribution in [3.8, 4) is 0 Å². The zero-order valence-electron chi connectivity index (χ0n) is 15.7. The van der Waals surface area contributed by atoms with Gasteiger partial charge in [-0.05, 0) is 67.9 Å². The number of halogens is 1. The Hall–Kier alpha value is -2.33. The Morgan fingerprint density at radius 3 is 2.86 bits per heavy atom. The van der Waals surface area contributed by atoms with Crippen LogP contribution in [0.15, 0.2) is 27.8 Å². The maximum Gasteiger partial charge on any atom is 0.181 e. The van der Waals surface area contributed by atoms with Gasteiger partial charge in [0, 0.05) is 20.7 Å². The summed E-state index contributed by atoms with van der Waals surface area (Å²) in [5, 5.41) is 17.2. The summed E-state index contributed by atoms with van der Waals surface area (Å²) in [5.74, 6) is 0.167. The van der Waals surface area contributed by atoms with Crippen molar-refractivity contribution in [1.29, 1.82) is 4.78 Å². The first-order valence-electron chi connectivity index (χ1n) is 9.23. The third kappa shape index (κ3) is 5.14. The highest BCUT2D eigenvalue weighted by molar-refractivity contribution is 7.93. The van der Waals surface area contributed by atoms with Crippen molar-refractivity contribution in [3.63, 3.8) is 0 Å². The molecule has 1 atom stereocenters. The van der Waals surface area contributed by atoms with E-state index in [9.17, 15) is 13.8 Å². The third-order valence-electron chi connectivity index (χ3n) is 4.69. The van der Waals surface area contributed by atoms with Crippen LogP contribution in [0.1, 0.15) is 49.1 Å². The van der Waals surface area contributed by atoms with Crippen LogP contribution < -0.4 is 5.48 Å². The first-order valence-corrected chi connectivity index (χ1v) is 11.0. The van der Waals surface area contributed by atoms with Crippen molar-refractivity contribution in [2.45, 2.75) is 50.7 Å². The number of hydrogen-bond acceptors (Lipinski definition) is 7. The molecule has 0 bridgehead atoms. The predicted octanol–water partition coefficient (Wildman–Crippen LogP) is 3.50. The molecule has 0 spiro atoms. The summed E-state index contributed by atoms with van der Waals surface area (Å²) in [6.07, 6.45) is 4.68. The van der Waals surface area contributed by atoms with Crippen molar-refractivity contribution in [2.75, 3.05) is 5.75 Å². The summed E-state index contributed by atoms with van der Waals surface area (Å²) in [5.41, 5.74) is 3.71. The minimum absolute atomic E-state index is 0.0603. The Labute approximate surface area is 163 Å². The fourth-order valence-corrected chi connectivity index (χ4v) is 4.77. The van der Waals surface area contributed by atoms with E-state index < -0.39 is 9.73 Å². The summed E-state index contributed by atoms with van der Waals surface area (Å²) in [6.45, 7) is 1.63. The van der Waals surface area contributed by atoms with E-state index in [1.165, 1.54) is 12.1 Å². The fraction of sp³-hybridized carbons (Fsp3) is 0.500. The van der Waals surface area contributed by atoms with E-state index in [0.717, 1.165) is 32.1 Å². The Morgan fingerprint density at radius 1 is 1.39 bits per heavy atom. The Kier molecular flexibility index (Phi) is 6.40. The Balaban J connectivity index is 1.59.